The molecular weight excluding hydrogens is 342 g/mol. The zero-order valence-electron chi connectivity index (χ0n) is 15.2. The SMILES string of the molecule is CNS(=O)(=O)c1cc(C(=O)NC[C@@H](C)Cn2nc(C)cc2C)n(C)c1. The van der Waals surface area contributed by atoms with Crippen molar-refractivity contribution in [3.05, 3.63) is 35.4 Å². The maximum atomic E-state index is 12.4. The van der Waals surface area contributed by atoms with Crippen molar-refractivity contribution in [3.8, 4) is 0 Å². The van der Waals surface area contributed by atoms with Crippen molar-refractivity contribution in [2.45, 2.75) is 32.2 Å². The zero-order chi connectivity index (χ0) is 18.8. The molecule has 0 aliphatic rings. The second kappa shape index (κ2) is 7.40. The number of amides is 1. The van der Waals surface area contributed by atoms with Crippen LogP contribution in [0.25, 0.3) is 0 Å². The Labute approximate surface area is 148 Å². The maximum Gasteiger partial charge on any atom is 0.267 e. The van der Waals surface area contributed by atoms with Crippen molar-refractivity contribution in [2.24, 2.45) is 13.0 Å². The number of carbonyl (C=O) groups excluding carboxylic acids is 1. The molecule has 0 aliphatic carbocycles. The number of hydrogen-bond donors (Lipinski definition) is 2. The molecule has 9 heteroatoms. The lowest BCUT2D eigenvalue weighted by Gasteiger charge is -2.14. The molecule has 2 aromatic rings. The number of sulfonamides is 1. The molecule has 0 spiro atoms. The van der Waals surface area contributed by atoms with Crippen LogP contribution >= 0.6 is 0 Å². The van der Waals surface area contributed by atoms with Crippen LogP contribution in [0.5, 0.6) is 0 Å². The first-order valence-electron chi connectivity index (χ1n) is 8.03. The molecule has 2 heterocycles. The van der Waals surface area contributed by atoms with Gasteiger partial charge in [-0.2, -0.15) is 5.10 Å². The van der Waals surface area contributed by atoms with Crippen molar-refractivity contribution < 1.29 is 13.2 Å². The van der Waals surface area contributed by atoms with E-state index in [2.05, 4.69) is 15.1 Å². The van der Waals surface area contributed by atoms with Crippen LogP contribution < -0.4 is 10.0 Å². The summed E-state index contributed by atoms with van der Waals surface area (Å²) >= 11 is 0. The van der Waals surface area contributed by atoms with Crippen LogP contribution in [0, 0.1) is 19.8 Å². The van der Waals surface area contributed by atoms with E-state index in [1.165, 1.54) is 23.9 Å². The number of nitrogens with zero attached hydrogens (tertiary/aromatic N) is 3. The normalized spacial score (nSPS) is 13.0. The Balaban J connectivity index is 1.99. The van der Waals surface area contributed by atoms with Gasteiger partial charge in [-0.05, 0) is 38.9 Å². The third-order valence-corrected chi connectivity index (χ3v) is 5.37. The largest absolute Gasteiger partial charge is 0.350 e. The maximum absolute atomic E-state index is 12.4. The van der Waals surface area contributed by atoms with Gasteiger partial charge in [0.2, 0.25) is 10.0 Å². The number of nitrogens with one attached hydrogen (secondary N) is 2. The lowest BCUT2D eigenvalue weighted by Crippen LogP contribution is -2.31. The number of rotatable bonds is 7. The topological polar surface area (TPSA) is 98.0 Å². The molecule has 138 valence electrons. The molecule has 0 saturated carbocycles. The lowest BCUT2D eigenvalue weighted by atomic mass is 10.2. The molecule has 0 radical (unpaired) electrons. The minimum absolute atomic E-state index is 0.0679. The van der Waals surface area contributed by atoms with Gasteiger partial charge < -0.3 is 9.88 Å². The van der Waals surface area contributed by atoms with Gasteiger partial charge in [-0.25, -0.2) is 13.1 Å². The highest BCUT2D eigenvalue weighted by Crippen LogP contribution is 2.13. The molecule has 0 saturated heterocycles. The van der Waals surface area contributed by atoms with E-state index in [-0.39, 0.29) is 16.7 Å². The second-order valence-electron chi connectivity index (χ2n) is 6.30. The van der Waals surface area contributed by atoms with Crippen LogP contribution in [0.4, 0.5) is 0 Å². The highest BCUT2D eigenvalue weighted by molar-refractivity contribution is 7.89. The summed E-state index contributed by atoms with van der Waals surface area (Å²) in [5, 5.41) is 7.27. The highest BCUT2D eigenvalue weighted by Gasteiger charge is 2.19. The van der Waals surface area contributed by atoms with Crippen molar-refractivity contribution in [2.75, 3.05) is 13.6 Å². The molecule has 0 unspecified atom stereocenters. The molecule has 0 aliphatic heterocycles. The Bertz CT molecular complexity index is 866. The van der Waals surface area contributed by atoms with E-state index in [1.807, 2.05) is 31.5 Å². The van der Waals surface area contributed by atoms with Crippen LogP contribution in [-0.4, -0.2) is 42.3 Å². The summed E-state index contributed by atoms with van der Waals surface area (Å²) in [7, 11) is -0.592. The first-order chi connectivity index (χ1) is 11.6. The van der Waals surface area contributed by atoms with Gasteiger partial charge in [0, 0.05) is 32.0 Å². The second-order valence-corrected chi connectivity index (χ2v) is 8.19. The number of hydrogen-bond acceptors (Lipinski definition) is 4. The summed E-state index contributed by atoms with van der Waals surface area (Å²) in [6, 6.07) is 3.38. The van der Waals surface area contributed by atoms with Crippen molar-refractivity contribution in [1.29, 1.82) is 0 Å². The van der Waals surface area contributed by atoms with Crippen molar-refractivity contribution in [3.63, 3.8) is 0 Å². The van der Waals surface area contributed by atoms with Crippen LogP contribution in [-0.2, 0) is 23.6 Å². The van der Waals surface area contributed by atoms with Crippen LogP contribution in [0.2, 0.25) is 0 Å². The van der Waals surface area contributed by atoms with Crippen LogP contribution in [0.15, 0.2) is 23.2 Å². The summed E-state index contributed by atoms with van der Waals surface area (Å²) in [6.07, 6.45) is 1.42. The third-order valence-electron chi connectivity index (χ3n) is 3.99. The minimum atomic E-state index is -3.57. The molecule has 1 amide bonds. The first-order valence-corrected chi connectivity index (χ1v) is 9.51. The number of aromatic nitrogens is 3. The predicted molar refractivity (Wildman–Crippen MR) is 94.9 cm³/mol. The van der Waals surface area contributed by atoms with E-state index in [4.69, 9.17) is 0 Å². The zero-order valence-corrected chi connectivity index (χ0v) is 16.0. The minimum Gasteiger partial charge on any atom is -0.350 e. The van der Waals surface area contributed by atoms with E-state index < -0.39 is 10.0 Å². The fourth-order valence-electron chi connectivity index (χ4n) is 2.60. The van der Waals surface area contributed by atoms with Gasteiger partial charge in [0.15, 0.2) is 0 Å². The van der Waals surface area contributed by atoms with Crippen molar-refractivity contribution >= 4 is 15.9 Å². The summed E-state index contributed by atoms with van der Waals surface area (Å²) < 4.78 is 29.3. The van der Waals surface area contributed by atoms with Crippen LogP contribution in [0.1, 0.15) is 28.8 Å². The molecule has 1 atom stereocenters. The summed E-state index contributed by atoms with van der Waals surface area (Å²) in [4.78, 5) is 12.4. The van der Waals surface area contributed by atoms with Gasteiger partial charge in [-0.3, -0.25) is 9.48 Å². The van der Waals surface area contributed by atoms with E-state index in [0.717, 1.165) is 11.4 Å². The summed E-state index contributed by atoms with van der Waals surface area (Å²) in [6.45, 7) is 7.14. The van der Waals surface area contributed by atoms with Gasteiger partial charge in [-0.15, -0.1) is 0 Å². The molecule has 2 rings (SSSR count). The Kier molecular flexibility index (Phi) is 5.69. The molecule has 25 heavy (non-hydrogen) atoms. The van der Waals surface area contributed by atoms with E-state index in [1.54, 1.807) is 7.05 Å². The van der Waals surface area contributed by atoms with Gasteiger partial charge in [0.05, 0.1) is 5.69 Å². The molecular formula is C16H25N5O3S. The lowest BCUT2D eigenvalue weighted by molar-refractivity contribution is 0.0938. The third kappa shape index (κ3) is 4.49. The van der Waals surface area contributed by atoms with E-state index in [0.29, 0.717) is 18.8 Å². The summed E-state index contributed by atoms with van der Waals surface area (Å²) in [5.74, 6) is -0.122. The number of aryl methyl sites for hydroxylation is 3. The van der Waals surface area contributed by atoms with Gasteiger partial charge >= 0.3 is 0 Å². The molecule has 8 nitrogen and oxygen atoms in total. The average molecular weight is 367 g/mol. The molecule has 0 bridgehead atoms. The number of carbonyl (C=O) groups is 1. The Morgan fingerprint density at radius 3 is 2.56 bits per heavy atom. The van der Waals surface area contributed by atoms with Gasteiger partial charge in [0.25, 0.3) is 5.91 Å². The van der Waals surface area contributed by atoms with E-state index >= 15 is 0 Å². The van der Waals surface area contributed by atoms with E-state index in [9.17, 15) is 13.2 Å². The standard InChI is InChI=1S/C16H25N5O3S/c1-11(9-21-13(3)6-12(2)19-21)8-18-16(22)15-7-14(10-20(15)5)25(23,24)17-4/h6-7,10-11,17H,8-9H2,1-5H3,(H,18,22)/t11-/m1/s1. The Hall–Kier alpha value is -2.13. The monoisotopic (exact) mass is 367 g/mol. The fourth-order valence-corrected chi connectivity index (χ4v) is 3.40. The Morgan fingerprint density at radius 1 is 1.32 bits per heavy atom. The first kappa shape index (κ1) is 19.2. The van der Waals surface area contributed by atoms with Gasteiger partial charge in [-0.1, -0.05) is 6.92 Å². The fraction of sp³-hybridized carbons (Fsp3) is 0.500. The summed E-state index contributed by atoms with van der Waals surface area (Å²) in [5.41, 5.74) is 2.35. The van der Waals surface area contributed by atoms with Crippen molar-refractivity contribution in [1.82, 2.24) is 24.4 Å². The average Bonchev–Trinajstić information content (AvgIpc) is 3.08. The smallest absolute Gasteiger partial charge is 0.267 e. The molecule has 2 aromatic heterocycles. The molecule has 2 N–H and O–H groups in total. The quantitative estimate of drug-likeness (QED) is 0.757. The van der Waals surface area contributed by atoms with Crippen LogP contribution in [0.3, 0.4) is 0 Å². The highest BCUT2D eigenvalue weighted by atomic mass is 32.2. The molecule has 0 aromatic carbocycles. The van der Waals surface area contributed by atoms with Gasteiger partial charge in [0.1, 0.15) is 10.6 Å². The molecule has 0 fully saturated rings. The predicted octanol–water partition coefficient (Wildman–Crippen LogP) is 0.813. The Morgan fingerprint density at radius 2 is 2.00 bits per heavy atom.